The van der Waals surface area contributed by atoms with Gasteiger partial charge < -0.3 is 26.4 Å². The van der Waals surface area contributed by atoms with E-state index in [0.717, 1.165) is 30.1 Å². The predicted molar refractivity (Wildman–Crippen MR) is 208 cm³/mol. The van der Waals surface area contributed by atoms with Crippen LogP contribution in [-0.2, 0) is 19.4 Å². The summed E-state index contributed by atoms with van der Waals surface area (Å²) in [4.78, 5) is 8.65. The number of allylic oxidation sites excluding steroid dienone is 1. The fourth-order valence-electron chi connectivity index (χ4n) is 6.69. The summed E-state index contributed by atoms with van der Waals surface area (Å²) in [5.74, 6) is 1.03. The fourth-order valence-corrected chi connectivity index (χ4v) is 6.86. The summed E-state index contributed by atoms with van der Waals surface area (Å²) in [6.07, 6.45) is 11.9. The molecular weight excluding hydrogens is 644 g/mol. The first-order valence-corrected chi connectivity index (χ1v) is 17.9. The van der Waals surface area contributed by atoms with Gasteiger partial charge in [-0.05, 0) is 90.7 Å². The Hall–Kier alpha value is -4.60. The molecule has 0 bridgehead atoms. The van der Waals surface area contributed by atoms with E-state index in [-0.39, 0.29) is 12.4 Å². The molecule has 0 amide bonds. The van der Waals surface area contributed by atoms with E-state index in [2.05, 4.69) is 99.5 Å². The number of hydrogen-bond acceptors (Lipinski definition) is 6. The number of aliphatic hydroxyl groups excluding tert-OH is 1. The van der Waals surface area contributed by atoms with Crippen molar-refractivity contribution in [3.63, 3.8) is 0 Å². The highest BCUT2D eigenvalue weighted by Gasteiger charge is 2.22. The molecule has 262 valence electrons. The minimum Gasteiger partial charge on any atom is -0.395 e. The molecule has 0 radical (unpaired) electrons. The Labute approximate surface area is 301 Å². The van der Waals surface area contributed by atoms with Crippen LogP contribution >= 0.6 is 12.2 Å². The summed E-state index contributed by atoms with van der Waals surface area (Å²) in [5.41, 5.74) is 9.19. The second-order valence-electron chi connectivity index (χ2n) is 13.1. The van der Waals surface area contributed by atoms with Gasteiger partial charge in [-0.3, -0.25) is 9.98 Å². The Morgan fingerprint density at radius 3 is 2.64 bits per heavy atom. The van der Waals surface area contributed by atoms with E-state index in [1.165, 1.54) is 42.2 Å². The molecule has 0 saturated heterocycles. The van der Waals surface area contributed by atoms with Gasteiger partial charge >= 0.3 is 0 Å². The van der Waals surface area contributed by atoms with Crippen molar-refractivity contribution in [2.45, 2.75) is 64.5 Å². The van der Waals surface area contributed by atoms with E-state index >= 15 is 0 Å². The number of aliphatic hydroxyl groups is 1. The molecule has 3 heterocycles. The lowest BCUT2D eigenvalue weighted by atomic mass is 9.81. The molecule has 3 atom stereocenters. The molecule has 7 rings (SSSR count). The highest BCUT2D eigenvalue weighted by Crippen LogP contribution is 2.34. The predicted octanol–water partition coefficient (Wildman–Crippen LogP) is 7.00. The first kappa shape index (κ1) is 36.7. The quantitative estimate of drug-likeness (QED) is 0.127. The number of rotatable bonds is 8. The van der Waals surface area contributed by atoms with Gasteiger partial charge in [-0.25, -0.2) is 4.39 Å². The Bertz CT molecular complexity index is 1810. The lowest BCUT2D eigenvalue weighted by Gasteiger charge is -2.26. The summed E-state index contributed by atoms with van der Waals surface area (Å²) in [7, 11) is 0. The minimum absolute atomic E-state index is 0.0145. The van der Waals surface area contributed by atoms with Gasteiger partial charge in [0.15, 0.2) is 5.11 Å². The lowest BCUT2D eigenvalue weighted by molar-refractivity contribution is 0.300. The van der Waals surface area contributed by atoms with Crippen molar-refractivity contribution in [2.75, 3.05) is 19.7 Å². The monoisotopic (exact) mass is 692 g/mol. The number of nitrogens with zero attached hydrogens (tertiary/aromatic N) is 2. The average molecular weight is 693 g/mol. The molecule has 2 aliphatic heterocycles. The molecule has 0 fully saturated rings. The van der Waals surface area contributed by atoms with Crippen LogP contribution < -0.4 is 21.3 Å². The third-order valence-electron chi connectivity index (χ3n) is 9.48. The SMILES string of the molecule is C1=NCC(CC2CCc3ccccc3C2)N1.C=C1CC([C@H](C)c2cccc3ncccc23)=CN1.Cc1cccc(CNC(=S)NCCO)c1F. The summed E-state index contributed by atoms with van der Waals surface area (Å²) in [6, 6.07) is 25.2. The maximum atomic E-state index is 13.6. The Kier molecular flexibility index (Phi) is 13.5. The van der Waals surface area contributed by atoms with Crippen LogP contribution in [0.5, 0.6) is 0 Å². The standard InChI is InChI=1S/C16H16N2.C14H18N2.C11H15FN2OS/c1-11-9-13(10-18-11)12(2)14-5-3-7-16-15(14)6-4-8-17-16;1-2-4-13-7-11(5-6-12(13)3-1)8-14-9-15-10-16-14;1-8-3-2-4-9(10(8)12)7-14-11(16)13-5-6-15/h3-8,10,12,18H,1,9H2,2H3;1-4,10-11,14H,5-9H2,(H,15,16);2-4,15H,5-7H2,1H3,(H2,13,14,16)/t12-;;/m0../s1. The van der Waals surface area contributed by atoms with Crippen LogP contribution in [0, 0.1) is 18.7 Å². The smallest absolute Gasteiger partial charge is 0.166 e. The summed E-state index contributed by atoms with van der Waals surface area (Å²) in [6.45, 7) is 9.65. The van der Waals surface area contributed by atoms with Crippen LogP contribution in [0.15, 0.2) is 108 Å². The highest BCUT2D eigenvalue weighted by atomic mass is 32.1. The molecule has 5 N–H and O–H groups in total. The zero-order valence-electron chi connectivity index (χ0n) is 29.1. The van der Waals surface area contributed by atoms with Crippen LogP contribution in [0.25, 0.3) is 10.9 Å². The highest BCUT2D eigenvalue weighted by molar-refractivity contribution is 7.80. The molecule has 9 heteroatoms. The number of aliphatic imine (C=N–C) groups is 1. The third kappa shape index (κ3) is 10.2. The van der Waals surface area contributed by atoms with Crippen LogP contribution in [0.4, 0.5) is 4.39 Å². The van der Waals surface area contributed by atoms with E-state index in [4.69, 9.17) is 17.3 Å². The maximum absolute atomic E-state index is 13.6. The Balaban J connectivity index is 0.000000146. The number of nitrogens with one attached hydrogen (secondary N) is 4. The van der Waals surface area contributed by atoms with Crippen LogP contribution in [0.1, 0.15) is 59.9 Å². The fraction of sp³-hybridized carbons (Fsp3) is 0.341. The van der Waals surface area contributed by atoms with Gasteiger partial charge in [0.2, 0.25) is 0 Å². The summed E-state index contributed by atoms with van der Waals surface area (Å²) >= 11 is 4.94. The Morgan fingerprint density at radius 1 is 1.06 bits per heavy atom. The van der Waals surface area contributed by atoms with Crippen molar-refractivity contribution in [1.82, 2.24) is 26.3 Å². The van der Waals surface area contributed by atoms with Crippen LogP contribution in [0.3, 0.4) is 0 Å². The first-order valence-electron chi connectivity index (χ1n) is 17.5. The van der Waals surface area contributed by atoms with Gasteiger partial charge in [0.1, 0.15) is 5.82 Å². The molecule has 0 spiro atoms. The Morgan fingerprint density at radius 2 is 1.88 bits per heavy atom. The summed E-state index contributed by atoms with van der Waals surface area (Å²) < 4.78 is 13.6. The molecule has 3 aromatic carbocycles. The van der Waals surface area contributed by atoms with E-state index in [1.54, 1.807) is 36.2 Å². The number of halogens is 1. The van der Waals surface area contributed by atoms with Gasteiger partial charge in [0.25, 0.3) is 0 Å². The average Bonchev–Trinajstić information content (AvgIpc) is 3.83. The third-order valence-corrected chi connectivity index (χ3v) is 9.77. The number of aryl methyl sites for hydroxylation is 2. The van der Waals surface area contributed by atoms with Crippen molar-refractivity contribution in [2.24, 2.45) is 10.9 Å². The van der Waals surface area contributed by atoms with Crippen molar-refractivity contribution in [1.29, 1.82) is 0 Å². The van der Waals surface area contributed by atoms with E-state index in [0.29, 0.717) is 41.3 Å². The van der Waals surface area contributed by atoms with Gasteiger partial charge in [-0.1, -0.05) is 74.2 Å². The van der Waals surface area contributed by atoms with Gasteiger partial charge in [-0.2, -0.15) is 0 Å². The summed E-state index contributed by atoms with van der Waals surface area (Å²) in [5, 5.41) is 22.4. The van der Waals surface area contributed by atoms with Gasteiger partial charge in [0.05, 0.1) is 25.0 Å². The molecule has 1 aromatic heterocycles. The zero-order chi connectivity index (χ0) is 35.3. The van der Waals surface area contributed by atoms with Crippen molar-refractivity contribution in [3.05, 3.63) is 137 Å². The molecule has 3 aliphatic rings. The number of benzene rings is 3. The minimum atomic E-state index is -0.208. The molecule has 2 unspecified atom stereocenters. The number of aromatic nitrogens is 1. The van der Waals surface area contributed by atoms with Crippen molar-refractivity contribution in [3.8, 4) is 0 Å². The van der Waals surface area contributed by atoms with Gasteiger partial charge in [0, 0.05) is 60.5 Å². The van der Waals surface area contributed by atoms with Crippen molar-refractivity contribution < 1.29 is 9.50 Å². The van der Waals surface area contributed by atoms with E-state index < -0.39 is 0 Å². The van der Waals surface area contributed by atoms with Crippen molar-refractivity contribution >= 4 is 34.6 Å². The van der Waals surface area contributed by atoms with E-state index in [9.17, 15) is 4.39 Å². The van der Waals surface area contributed by atoms with E-state index in [1.807, 2.05) is 18.6 Å². The van der Waals surface area contributed by atoms with Crippen LogP contribution in [-0.4, -0.2) is 47.3 Å². The second kappa shape index (κ2) is 18.4. The topological polar surface area (TPSA) is 93.6 Å². The second-order valence-corrected chi connectivity index (χ2v) is 13.5. The first-order chi connectivity index (χ1) is 24.3. The maximum Gasteiger partial charge on any atom is 0.166 e. The zero-order valence-corrected chi connectivity index (χ0v) is 29.9. The number of thiocarbonyl (C=S) groups is 1. The molecule has 1 aliphatic carbocycles. The lowest BCUT2D eigenvalue weighted by Crippen LogP contribution is -2.36. The number of fused-ring (bicyclic) bond motifs is 2. The molecular formula is C41H49FN6OS. The molecule has 7 nitrogen and oxygen atoms in total. The molecule has 4 aromatic rings. The number of pyridine rings is 1. The van der Waals surface area contributed by atoms with Crippen LogP contribution in [0.2, 0.25) is 0 Å². The molecule has 0 saturated carbocycles. The normalized spacial score (nSPS) is 17.9. The molecule has 50 heavy (non-hydrogen) atoms. The largest absolute Gasteiger partial charge is 0.395 e. The van der Waals surface area contributed by atoms with Gasteiger partial charge in [-0.15, -0.1) is 0 Å². The number of hydrogen-bond donors (Lipinski definition) is 5.